The lowest BCUT2D eigenvalue weighted by Gasteiger charge is -2.15. The molecule has 5 heterocycles. The number of pyridine rings is 3. The van der Waals surface area contributed by atoms with Crippen LogP contribution in [0.15, 0.2) is 73.5 Å². The highest BCUT2D eigenvalue weighted by Crippen LogP contribution is 2.33. The van der Waals surface area contributed by atoms with E-state index in [9.17, 15) is 0 Å². The molecule has 5 aromatic heterocycles. The van der Waals surface area contributed by atoms with Gasteiger partial charge in [0.1, 0.15) is 5.52 Å². The zero-order valence-electron chi connectivity index (χ0n) is 20.3. The van der Waals surface area contributed by atoms with Crippen LogP contribution in [0.25, 0.3) is 50.4 Å². The van der Waals surface area contributed by atoms with Crippen LogP contribution in [0.3, 0.4) is 0 Å². The number of nitrogens with one attached hydrogen (secondary N) is 3. The highest BCUT2D eigenvalue weighted by molar-refractivity contribution is 5.96. The van der Waals surface area contributed by atoms with Crippen molar-refractivity contribution < 1.29 is 0 Å². The molecule has 182 valence electrons. The van der Waals surface area contributed by atoms with Crippen molar-refractivity contribution >= 4 is 33.3 Å². The number of nitrogens with zero attached hydrogens (tertiary/aromatic N) is 5. The summed E-state index contributed by atoms with van der Waals surface area (Å²) < 4.78 is 0. The van der Waals surface area contributed by atoms with E-state index in [1.807, 2.05) is 30.7 Å². The van der Waals surface area contributed by atoms with Crippen molar-refractivity contribution in [1.29, 1.82) is 0 Å². The largest absolute Gasteiger partial charge is 0.358 e. The van der Waals surface area contributed by atoms with Crippen LogP contribution in [0.5, 0.6) is 0 Å². The van der Waals surface area contributed by atoms with Crippen molar-refractivity contribution in [3.63, 3.8) is 0 Å². The van der Waals surface area contributed by atoms with Crippen LogP contribution in [0.2, 0.25) is 0 Å². The van der Waals surface area contributed by atoms with Gasteiger partial charge in [-0.3, -0.25) is 15.1 Å². The Hall–Kier alpha value is -4.59. The van der Waals surface area contributed by atoms with Crippen LogP contribution in [-0.2, 0) is 0 Å². The lowest BCUT2D eigenvalue weighted by Crippen LogP contribution is -2.07. The molecule has 0 unspecified atom stereocenters. The second-order valence-corrected chi connectivity index (χ2v) is 9.72. The van der Waals surface area contributed by atoms with E-state index in [-0.39, 0.29) is 0 Å². The maximum absolute atomic E-state index is 4.97. The Kier molecular flexibility index (Phi) is 5.16. The molecule has 0 bridgehead atoms. The molecule has 3 N–H and O–H groups in total. The summed E-state index contributed by atoms with van der Waals surface area (Å²) in [7, 11) is 0. The third-order valence-electron chi connectivity index (χ3n) is 7.30. The molecule has 0 aromatic carbocycles. The minimum Gasteiger partial charge on any atom is -0.358 e. The topological polar surface area (TPSA) is 108 Å². The number of fused-ring (bicyclic) bond motifs is 2. The highest BCUT2D eigenvalue weighted by atomic mass is 15.2. The quantitative estimate of drug-likeness (QED) is 0.256. The molecule has 0 aliphatic heterocycles. The minimum absolute atomic E-state index is 0.534. The van der Waals surface area contributed by atoms with E-state index in [1.54, 1.807) is 6.20 Å². The second-order valence-electron chi connectivity index (χ2n) is 9.72. The van der Waals surface area contributed by atoms with Gasteiger partial charge in [0.05, 0.1) is 40.3 Å². The summed E-state index contributed by atoms with van der Waals surface area (Å²) in [6.45, 7) is 4.27. The van der Waals surface area contributed by atoms with E-state index in [4.69, 9.17) is 9.97 Å². The van der Waals surface area contributed by atoms with Gasteiger partial charge in [0.15, 0.2) is 11.5 Å². The lowest BCUT2D eigenvalue weighted by molar-refractivity contribution is 0.649. The molecule has 8 heteroatoms. The van der Waals surface area contributed by atoms with E-state index in [2.05, 4.69) is 61.3 Å². The molecule has 0 atom stereocenters. The Bertz CT molecular complexity index is 1710. The Morgan fingerprint density at radius 3 is 2.73 bits per heavy atom. The van der Waals surface area contributed by atoms with Gasteiger partial charge in [-0.1, -0.05) is 37.6 Å². The molecule has 2 aliphatic carbocycles. The summed E-state index contributed by atoms with van der Waals surface area (Å²) in [5.41, 5.74) is 9.90. The van der Waals surface area contributed by atoms with Crippen LogP contribution < -0.4 is 5.32 Å². The van der Waals surface area contributed by atoms with Crippen molar-refractivity contribution in [2.24, 2.45) is 5.92 Å². The van der Waals surface area contributed by atoms with Gasteiger partial charge in [-0.2, -0.15) is 5.10 Å². The molecule has 37 heavy (non-hydrogen) atoms. The van der Waals surface area contributed by atoms with Gasteiger partial charge in [-0.15, -0.1) is 0 Å². The monoisotopic (exact) mass is 486 g/mol. The average molecular weight is 487 g/mol. The number of imidazole rings is 1. The normalized spacial score (nSPS) is 15.6. The van der Waals surface area contributed by atoms with Gasteiger partial charge in [0, 0.05) is 29.2 Å². The smallest absolute Gasteiger partial charge is 0.161 e. The Morgan fingerprint density at radius 1 is 0.973 bits per heavy atom. The van der Waals surface area contributed by atoms with Crippen LogP contribution in [0.1, 0.15) is 37.7 Å². The second kappa shape index (κ2) is 8.81. The first-order valence-electron chi connectivity index (χ1n) is 12.7. The van der Waals surface area contributed by atoms with Crippen LogP contribution >= 0.6 is 0 Å². The van der Waals surface area contributed by atoms with Gasteiger partial charge < -0.3 is 10.3 Å². The fourth-order valence-electron chi connectivity index (χ4n) is 5.35. The molecule has 0 spiro atoms. The first kappa shape index (κ1) is 21.7. The maximum Gasteiger partial charge on any atom is 0.161 e. The van der Waals surface area contributed by atoms with E-state index in [0.29, 0.717) is 17.4 Å². The van der Waals surface area contributed by atoms with Gasteiger partial charge in [0.2, 0.25) is 0 Å². The standard InChI is InChI=1S/C29H26N8/c1-17(18-6-2-3-7-18)32-21-12-20(13-30-14-21)23-10-11-24-27(33-23)28(37-36-24)29-34-25-16-31-15-22(26(25)35-29)19-8-4-5-9-19/h4,8-16,18,32H,1-3,5-7H2,(H,34,35)(H,36,37). The molecule has 2 aliphatic rings. The van der Waals surface area contributed by atoms with Crippen molar-refractivity contribution in [1.82, 2.24) is 35.1 Å². The molecule has 5 aromatic rings. The Morgan fingerprint density at radius 2 is 1.86 bits per heavy atom. The Balaban J connectivity index is 1.24. The molecule has 0 radical (unpaired) electrons. The number of H-pyrrole nitrogens is 2. The zero-order valence-corrected chi connectivity index (χ0v) is 20.3. The third-order valence-corrected chi connectivity index (χ3v) is 7.30. The maximum atomic E-state index is 4.97. The average Bonchev–Trinajstić information content (AvgIpc) is 3.74. The molecular weight excluding hydrogens is 460 g/mol. The van der Waals surface area contributed by atoms with Crippen LogP contribution in [-0.4, -0.2) is 35.1 Å². The van der Waals surface area contributed by atoms with Crippen molar-refractivity contribution in [3.05, 3.63) is 79.1 Å². The number of aromatic nitrogens is 7. The SMILES string of the molecule is C=C(Nc1cncc(-c2ccc3[nH]nc(-c4nc5c(C6=CCC=C6)cncc5[nH]4)c3n2)c1)C1CCCC1. The molecular formula is C29H26N8. The first-order chi connectivity index (χ1) is 18.2. The van der Waals surface area contributed by atoms with Crippen LogP contribution in [0, 0.1) is 5.92 Å². The molecule has 8 nitrogen and oxygen atoms in total. The van der Waals surface area contributed by atoms with E-state index in [1.165, 1.54) is 25.7 Å². The summed E-state index contributed by atoms with van der Waals surface area (Å²) in [5, 5.41) is 11.1. The number of hydrogen-bond donors (Lipinski definition) is 3. The van der Waals surface area contributed by atoms with Crippen molar-refractivity contribution in [3.8, 4) is 22.8 Å². The molecule has 1 saturated carbocycles. The van der Waals surface area contributed by atoms with Gasteiger partial charge in [0.25, 0.3) is 0 Å². The summed E-state index contributed by atoms with van der Waals surface area (Å²) in [6, 6.07) is 6.05. The van der Waals surface area contributed by atoms with Gasteiger partial charge in [-0.25, -0.2) is 9.97 Å². The fourth-order valence-corrected chi connectivity index (χ4v) is 5.35. The third kappa shape index (κ3) is 3.91. The van der Waals surface area contributed by atoms with Gasteiger partial charge in [-0.05, 0) is 49.0 Å². The van der Waals surface area contributed by atoms with E-state index < -0.39 is 0 Å². The van der Waals surface area contributed by atoms with Crippen molar-refractivity contribution in [2.45, 2.75) is 32.1 Å². The lowest BCUT2D eigenvalue weighted by atomic mass is 10.0. The molecule has 0 saturated heterocycles. The predicted molar refractivity (Wildman–Crippen MR) is 146 cm³/mol. The minimum atomic E-state index is 0.534. The highest BCUT2D eigenvalue weighted by Gasteiger charge is 2.19. The number of anilines is 1. The summed E-state index contributed by atoms with van der Waals surface area (Å²) in [6.07, 6.45) is 19.7. The number of hydrogen-bond acceptors (Lipinski definition) is 6. The number of rotatable bonds is 6. The summed E-state index contributed by atoms with van der Waals surface area (Å²) in [4.78, 5) is 22.1. The molecule has 1 fully saturated rings. The number of allylic oxidation sites excluding steroid dienone is 5. The predicted octanol–water partition coefficient (Wildman–Crippen LogP) is 6.42. The Labute approximate surface area is 213 Å². The van der Waals surface area contributed by atoms with E-state index in [0.717, 1.165) is 62.3 Å². The molecule has 7 rings (SSSR count). The molecule has 0 amide bonds. The van der Waals surface area contributed by atoms with E-state index >= 15 is 0 Å². The zero-order chi connectivity index (χ0) is 24.8. The fraction of sp³-hybridized carbons (Fsp3) is 0.207. The first-order valence-corrected chi connectivity index (χ1v) is 12.7. The van der Waals surface area contributed by atoms with Crippen LogP contribution in [0.4, 0.5) is 5.69 Å². The van der Waals surface area contributed by atoms with Crippen molar-refractivity contribution in [2.75, 3.05) is 5.32 Å². The summed E-state index contributed by atoms with van der Waals surface area (Å²) >= 11 is 0. The summed E-state index contributed by atoms with van der Waals surface area (Å²) in [5.74, 6) is 1.19. The van der Waals surface area contributed by atoms with Gasteiger partial charge >= 0.3 is 0 Å². The number of aromatic amines is 2.